The zero-order valence-electron chi connectivity index (χ0n) is 8.43. The van der Waals surface area contributed by atoms with Crippen LogP contribution in [0, 0.1) is 5.82 Å². The second-order valence-electron chi connectivity index (χ2n) is 3.18. The standard InChI is InChI=1S/C11H10FN3O/c12-10-5-8(13)1-2-11(10)16-7-9-6-14-3-4-15-9/h1-6H,7,13H2. The lowest BCUT2D eigenvalue weighted by atomic mass is 10.3. The molecule has 0 saturated heterocycles. The summed E-state index contributed by atoms with van der Waals surface area (Å²) in [5.41, 5.74) is 6.42. The number of nitrogen functional groups attached to an aromatic ring is 1. The van der Waals surface area contributed by atoms with Crippen molar-refractivity contribution in [3.63, 3.8) is 0 Å². The van der Waals surface area contributed by atoms with Gasteiger partial charge in [0.05, 0.1) is 11.9 Å². The molecule has 1 aromatic heterocycles. The predicted octanol–water partition coefficient (Wildman–Crippen LogP) is 1.78. The van der Waals surface area contributed by atoms with Crippen LogP contribution in [0.2, 0.25) is 0 Å². The predicted molar refractivity (Wildman–Crippen MR) is 57.2 cm³/mol. The zero-order valence-corrected chi connectivity index (χ0v) is 8.43. The maximum atomic E-state index is 13.3. The Kier molecular flexibility index (Phi) is 2.95. The summed E-state index contributed by atoms with van der Waals surface area (Å²) in [7, 11) is 0. The molecule has 1 heterocycles. The van der Waals surface area contributed by atoms with Crippen LogP contribution in [-0.4, -0.2) is 9.97 Å². The van der Waals surface area contributed by atoms with Crippen molar-refractivity contribution < 1.29 is 9.13 Å². The Hall–Kier alpha value is -2.17. The molecule has 82 valence electrons. The van der Waals surface area contributed by atoms with Crippen LogP contribution in [0.15, 0.2) is 36.8 Å². The molecule has 0 unspecified atom stereocenters. The number of halogens is 1. The SMILES string of the molecule is Nc1ccc(OCc2cnccn2)c(F)c1. The van der Waals surface area contributed by atoms with Crippen LogP contribution in [-0.2, 0) is 6.61 Å². The summed E-state index contributed by atoms with van der Waals surface area (Å²) in [5, 5.41) is 0. The van der Waals surface area contributed by atoms with Crippen molar-refractivity contribution in [1.29, 1.82) is 0 Å². The van der Waals surface area contributed by atoms with Crippen LogP contribution in [0.25, 0.3) is 0 Å². The van der Waals surface area contributed by atoms with Crippen LogP contribution in [0.5, 0.6) is 5.75 Å². The molecule has 0 atom stereocenters. The van der Waals surface area contributed by atoms with Crippen LogP contribution >= 0.6 is 0 Å². The minimum absolute atomic E-state index is 0.153. The van der Waals surface area contributed by atoms with Crippen molar-refractivity contribution in [2.75, 3.05) is 5.73 Å². The molecule has 0 aliphatic rings. The van der Waals surface area contributed by atoms with Gasteiger partial charge in [-0.25, -0.2) is 4.39 Å². The lowest BCUT2D eigenvalue weighted by molar-refractivity contribution is 0.285. The van der Waals surface area contributed by atoms with Gasteiger partial charge in [0.1, 0.15) is 6.61 Å². The highest BCUT2D eigenvalue weighted by molar-refractivity contribution is 5.42. The van der Waals surface area contributed by atoms with Gasteiger partial charge in [0.2, 0.25) is 0 Å². The average molecular weight is 219 g/mol. The number of hydrogen-bond donors (Lipinski definition) is 1. The first-order valence-electron chi connectivity index (χ1n) is 4.68. The van der Waals surface area contributed by atoms with Gasteiger partial charge >= 0.3 is 0 Å². The molecule has 0 radical (unpaired) electrons. The second-order valence-corrected chi connectivity index (χ2v) is 3.18. The summed E-state index contributed by atoms with van der Waals surface area (Å²) in [4.78, 5) is 7.88. The smallest absolute Gasteiger partial charge is 0.167 e. The molecular weight excluding hydrogens is 209 g/mol. The maximum absolute atomic E-state index is 13.3. The Morgan fingerprint density at radius 3 is 2.88 bits per heavy atom. The Morgan fingerprint density at radius 1 is 1.31 bits per heavy atom. The molecule has 0 fully saturated rings. The van der Waals surface area contributed by atoms with E-state index in [1.807, 2.05) is 0 Å². The van der Waals surface area contributed by atoms with Crippen LogP contribution < -0.4 is 10.5 Å². The summed E-state index contributed by atoms with van der Waals surface area (Å²) in [6, 6.07) is 4.28. The number of rotatable bonds is 3. The number of nitrogens with zero attached hydrogens (tertiary/aromatic N) is 2. The van der Waals surface area contributed by atoms with E-state index in [1.165, 1.54) is 12.1 Å². The summed E-state index contributed by atoms with van der Waals surface area (Å²) >= 11 is 0. The first kappa shape index (κ1) is 10.4. The van der Waals surface area contributed by atoms with Crippen molar-refractivity contribution in [2.24, 2.45) is 0 Å². The molecule has 0 amide bonds. The van der Waals surface area contributed by atoms with Gasteiger partial charge in [-0.1, -0.05) is 0 Å². The molecule has 16 heavy (non-hydrogen) atoms. The van der Waals surface area contributed by atoms with Crippen LogP contribution in [0.3, 0.4) is 0 Å². The molecule has 2 aromatic rings. The van der Waals surface area contributed by atoms with E-state index < -0.39 is 5.82 Å². The van der Waals surface area contributed by atoms with Crippen molar-refractivity contribution in [1.82, 2.24) is 9.97 Å². The lowest BCUT2D eigenvalue weighted by Gasteiger charge is -2.06. The van der Waals surface area contributed by atoms with E-state index in [2.05, 4.69) is 9.97 Å². The minimum atomic E-state index is -0.483. The maximum Gasteiger partial charge on any atom is 0.167 e. The van der Waals surface area contributed by atoms with E-state index in [0.717, 1.165) is 0 Å². The number of ether oxygens (including phenoxy) is 1. The lowest BCUT2D eigenvalue weighted by Crippen LogP contribution is -2.00. The normalized spacial score (nSPS) is 10.1. The molecule has 1 aromatic carbocycles. The molecule has 0 bridgehead atoms. The highest BCUT2D eigenvalue weighted by atomic mass is 19.1. The third-order valence-corrected chi connectivity index (χ3v) is 1.95. The monoisotopic (exact) mass is 219 g/mol. The largest absolute Gasteiger partial charge is 0.484 e. The molecule has 0 aliphatic heterocycles. The second kappa shape index (κ2) is 4.57. The zero-order chi connectivity index (χ0) is 11.4. The van der Waals surface area contributed by atoms with E-state index in [4.69, 9.17) is 10.5 Å². The van der Waals surface area contributed by atoms with Crippen molar-refractivity contribution in [3.8, 4) is 5.75 Å². The van der Waals surface area contributed by atoms with Crippen molar-refractivity contribution >= 4 is 5.69 Å². The van der Waals surface area contributed by atoms with E-state index in [9.17, 15) is 4.39 Å². The Bertz CT molecular complexity index is 476. The van der Waals surface area contributed by atoms with Gasteiger partial charge < -0.3 is 10.5 Å². The third kappa shape index (κ3) is 2.44. The van der Waals surface area contributed by atoms with E-state index in [-0.39, 0.29) is 12.4 Å². The van der Waals surface area contributed by atoms with Gasteiger partial charge in [-0.15, -0.1) is 0 Å². The first-order valence-corrected chi connectivity index (χ1v) is 4.68. The molecular formula is C11H10FN3O. The van der Waals surface area contributed by atoms with Crippen LogP contribution in [0.1, 0.15) is 5.69 Å². The minimum Gasteiger partial charge on any atom is -0.484 e. The Labute approximate surface area is 91.9 Å². The highest BCUT2D eigenvalue weighted by Gasteiger charge is 2.04. The molecule has 0 spiro atoms. The number of anilines is 1. The highest BCUT2D eigenvalue weighted by Crippen LogP contribution is 2.19. The third-order valence-electron chi connectivity index (χ3n) is 1.95. The molecule has 0 aliphatic carbocycles. The van der Waals surface area contributed by atoms with Gasteiger partial charge in [-0.3, -0.25) is 9.97 Å². The van der Waals surface area contributed by atoms with Gasteiger partial charge in [0.25, 0.3) is 0 Å². The molecule has 4 nitrogen and oxygen atoms in total. The van der Waals surface area contributed by atoms with Gasteiger partial charge in [0, 0.05) is 24.1 Å². The first-order chi connectivity index (χ1) is 7.75. The van der Waals surface area contributed by atoms with Crippen molar-refractivity contribution in [2.45, 2.75) is 6.61 Å². The number of benzene rings is 1. The summed E-state index contributed by atoms with van der Waals surface area (Å²) in [6.45, 7) is 0.175. The molecule has 2 rings (SSSR count). The Balaban J connectivity index is 2.05. The van der Waals surface area contributed by atoms with E-state index in [0.29, 0.717) is 11.4 Å². The fourth-order valence-corrected chi connectivity index (χ4v) is 1.19. The summed E-state index contributed by atoms with van der Waals surface area (Å²) in [6.07, 6.45) is 4.68. The van der Waals surface area contributed by atoms with E-state index >= 15 is 0 Å². The fraction of sp³-hybridized carbons (Fsp3) is 0.0909. The summed E-state index contributed by atoms with van der Waals surface area (Å²) < 4.78 is 18.6. The number of aromatic nitrogens is 2. The molecule has 2 N–H and O–H groups in total. The van der Waals surface area contributed by atoms with Gasteiger partial charge in [-0.05, 0) is 12.1 Å². The molecule has 0 saturated carbocycles. The average Bonchev–Trinajstić information content (AvgIpc) is 2.29. The Morgan fingerprint density at radius 2 is 2.19 bits per heavy atom. The topological polar surface area (TPSA) is 61.0 Å². The number of nitrogens with two attached hydrogens (primary N) is 1. The fourth-order valence-electron chi connectivity index (χ4n) is 1.19. The quantitative estimate of drug-likeness (QED) is 0.799. The van der Waals surface area contributed by atoms with E-state index in [1.54, 1.807) is 24.7 Å². The number of hydrogen-bond acceptors (Lipinski definition) is 4. The van der Waals surface area contributed by atoms with Gasteiger partial charge in [0.15, 0.2) is 11.6 Å². The summed E-state index contributed by atoms with van der Waals surface area (Å²) in [5.74, 6) is -0.330. The van der Waals surface area contributed by atoms with Crippen molar-refractivity contribution in [3.05, 3.63) is 48.3 Å². The molecule has 5 heteroatoms. The van der Waals surface area contributed by atoms with Crippen LogP contribution in [0.4, 0.5) is 10.1 Å². The van der Waals surface area contributed by atoms with Gasteiger partial charge in [-0.2, -0.15) is 0 Å².